The number of esters is 1. The van der Waals surface area contributed by atoms with Crippen molar-refractivity contribution in [1.82, 2.24) is 0 Å². The number of carbonyl (C=O) groups is 2. The van der Waals surface area contributed by atoms with E-state index in [1.54, 1.807) is 6.92 Å². The maximum atomic E-state index is 13.0. The van der Waals surface area contributed by atoms with Gasteiger partial charge in [-0.1, -0.05) is 91.0 Å². The minimum Gasteiger partial charge on any atom is -0.464 e. The lowest BCUT2D eigenvalue weighted by Gasteiger charge is -2.45. The van der Waals surface area contributed by atoms with Gasteiger partial charge in [0.25, 0.3) is 0 Å². The van der Waals surface area contributed by atoms with Crippen LogP contribution in [0.4, 0.5) is 0 Å². The molecular weight excluding hydrogens is 524 g/mol. The third-order valence-electron chi connectivity index (χ3n) is 6.94. The summed E-state index contributed by atoms with van der Waals surface area (Å²) in [5.74, 6) is -1.69. The highest BCUT2D eigenvalue weighted by Gasteiger charge is 2.48. The molecule has 0 aliphatic carbocycles. The van der Waals surface area contributed by atoms with Gasteiger partial charge in [-0.05, 0) is 30.5 Å². The second-order valence-corrected chi connectivity index (χ2v) is 9.99. The number of aliphatic hydroxyl groups excluding tert-OH is 1. The summed E-state index contributed by atoms with van der Waals surface area (Å²) < 4.78 is 30.5. The van der Waals surface area contributed by atoms with Crippen molar-refractivity contribution in [2.75, 3.05) is 6.61 Å². The van der Waals surface area contributed by atoms with Crippen molar-refractivity contribution in [2.24, 2.45) is 0 Å². The lowest BCUT2D eigenvalue weighted by molar-refractivity contribution is -0.261. The van der Waals surface area contributed by atoms with Crippen LogP contribution in [0, 0.1) is 0 Å². The number of ketones is 1. The normalized spacial score (nSPS) is 23.0. The molecule has 0 amide bonds. The summed E-state index contributed by atoms with van der Waals surface area (Å²) in [6.45, 7) is 4.39. The molecule has 0 bridgehead atoms. The van der Waals surface area contributed by atoms with Gasteiger partial charge in [-0.2, -0.15) is 0 Å². The molecule has 6 atom stereocenters. The maximum absolute atomic E-state index is 13.0. The molecule has 0 spiro atoms. The molecule has 0 aromatic heterocycles. The largest absolute Gasteiger partial charge is 0.464 e. The maximum Gasteiger partial charge on any atom is 0.342 e. The minimum absolute atomic E-state index is 0.0543. The van der Waals surface area contributed by atoms with Gasteiger partial charge in [-0.25, -0.2) is 4.79 Å². The Bertz CT molecular complexity index is 1200. The number of hydrogen-bond acceptors (Lipinski definition) is 8. The van der Waals surface area contributed by atoms with Crippen molar-refractivity contribution in [2.45, 2.75) is 76.7 Å². The number of carbonyl (C=O) groups excluding carboxylic acids is 2. The van der Waals surface area contributed by atoms with Gasteiger partial charge in [0.15, 0.2) is 5.78 Å². The third kappa shape index (κ3) is 8.79. The number of benzene rings is 3. The standard InChI is InChI=1S/C33H38O8/c1-3-37-33(36)29(35)27(34)19-28-31(39-21-25-15-9-5-10-16-25)32(40-22-26-17-11-6-12-18-26)30(23(2)41-28)38-20-24-13-7-4-8-14-24/h4-18,23,28-32,35H,3,19-22H2,1-2H3/t23-,28-,29?,30+,31+,32-/m0/s1. The Morgan fingerprint density at radius 1 is 0.732 bits per heavy atom. The van der Waals surface area contributed by atoms with Gasteiger partial charge in [0, 0.05) is 6.42 Å². The number of hydrogen-bond donors (Lipinski definition) is 1. The molecule has 0 radical (unpaired) electrons. The predicted octanol–water partition coefficient (Wildman–Crippen LogP) is 4.41. The third-order valence-corrected chi connectivity index (χ3v) is 6.94. The Kier molecular flexibility index (Phi) is 11.6. The van der Waals surface area contributed by atoms with Crippen LogP contribution >= 0.6 is 0 Å². The fourth-order valence-electron chi connectivity index (χ4n) is 4.85. The van der Waals surface area contributed by atoms with Gasteiger partial charge >= 0.3 is 5.97 Å². The number of aliphatic hydroxyl groups is 1. The van der Waals surface area contributed by atoms with Crippen molar-refractivity contribution < 1.29 is 38.4 Å². The molecular formula is C33H38O8. The van der Waals surface area contributed by atoms with Gasteiger partial charge < -0.3 is 28.8 Å². The number of rotatable bonds is 14. The molecule has 4 rings (SSSR count). The van der Waals surface area contributed by atoms with Crippen LogP contribution in [0.5, 0.6) is 0 Å². The fraction of sp³-hybridized carbons (Fsp3) is 0.394. The van der Waals surface area contributed by atoms with E-state index >= 15 is 0 Å². The highest BCUT2D eigenvalue weighted by Crippen LogP contribution is 2.32. The summed E-state index contributed by atoms with van der Waals surface area (Å²) in [6.07, 6.45) is -5.34. The summed E-state index contributed by atoms with van der Waals surface area (Å²) >= 11 is 0. The molecule has 1 N–H and O–H groups in total. The topological polar surface area (TPSA) is 101 Å². The summed E-state index contributed by atoms with van der Waals surface area (Å²) in [5.41, 5.74) is 2.91. The Morgan fingerprint density at radius 3 is 1.63 bits per heavy atom. The molecule has 8 heteroatoms. The molecule has 1 saturated heterocycles. The van der Waals surface area contributed by atoms with Gasteiger partial charge in [0.2, 0.25) is 6.10 Å². The van der Waals surface area contributed by atoms with Crippen LogP contribution in [-0.2, 0) is 53.1 Å². The van der Waals surface area contributed by atoms with E-state index in [0.29, 0.717) is 13.2 Å². The quantitative estimate of drug-likeness (QED) is 0.228. The van der Waals surface area contributed by atoms with E-state index in [1.807, 2.05) is 97.9 Å². The zero-order valence-electron chi connectivity index (χ0n) is 23.5. The Hall–Kier alpha value is -3.40. The zero-order valence-corrected chi connectivity index (χ0v) is 23.5. The minimum atomic E-state index is -1.90. The second kappa shape index (κ2) is 15.6. The second-order valence-electron chi connectivity index (χ2n) is 9.99. The summed E-state index contributed by atoms with van der Waals surface area (Å²) in [5, 5.41) is 10.3. The summed E-state index contributed by atoms with van der Waals surface area (Å²) in [7, 11) is 0. The van der Waals surface area contributed by atoms with E-state index in [9.17, 15) is 14.7 Å². The highest BCUT2D eigenvalue weighted by molar-refractivity contribution is 6.01. The van der Waals surface area contributed by atoms with Crippen LogP contribution in [0.1, 0.15) is 37.0 Å². The van der Waals surface area contributed by atoms with E-state index in [4.69, 9.17) is 23.7 Å². The molecule has 3 aromatic carbocycles. The Morgan fingerprint density at radius 2 is 1.17 bits per heavy atom. The van der Waals surface area contributed by atoms with Gasteiger partial charge in [-0.3, -0.25) is 4.79 Å². The first kappa shape index (κ1) is 30.6. The predicted molar refractivity (Wildman–Crippen MR) is 152 cm³/mol. The van der Waals surface area contributed by atoms with Crippen LogP contribution in [0.25, 0.3) is 0 Å². The Balaban J connectivity index is 1.60. The molecule has 8 nitrogen and oxygen atoms in total. The number of ether oxygens (including phenoxy) is 5. The van der Waals surface area contributed by atoms with Crippen LogP contribution in [0.3, 0.4) is 0 Å². The average Bonchev–Trinajstić information content (AvgIpc) is 3.00. The molecule has 41 heavy (non-hydrogen) atoms. The Labute approximate surface area is 241 Å². The molecule has 1 heterocycles. The molecule has 1 aliphatic rings. The molecule has 1 unspecified atom stereocenters. The number of Topliss-reactive ketones (excluding diaryl/α,β-unsaturated/α-hetero) is 1. The summed E-state index contributed by atoms with van der Waals surface area (Å²) in [6, 6.07) is 29.2. The van der Waals surface area contributed by atoms with Crippen LogP contribution in [-0.4, -0.2) is 60.1 Å². The van der Waals surface area contributed by atoms with E-state index in [1.165, 1.54) is 0 Å². The zero-order chi connectivity index (χ0) is 29.0. The summed E-state index contributed by atoms with van der Waals surface area (Å²) in [4.78, 5) is 25.0. The van der Waals surface area contributed by atoms with E-state index < -0.39 is 48.4 Å². The molecule has 3 aromatic rings. The first-order valence-corrected chi connectivity index (χ1v) is 14.0. The van der Waals surface area contributed by atoms with Gasteiger partial charge in [0.1, 0.15) is 18.3 Å². The fourth-order valence-corrected chi connectivity index (χ4v) is 4.85. The SMILES string of the molecule is CCOC(=O)C(O)C(=O)C[C@@H]1O[C@@H](C)[C@@H](OCc2ccccc2)[C@H](OCc2ccccc2)[C@@H]1OCc1ccccc1. The molecule has 1 aliphatic heterocycles. The monoisotopic (exact) mass is 562 g/mol. The average molecular weight is 563 g/mol. The van der Waals surface area contributed by atoms with Crippen molar-refractivity contribution in [1.29, 1.82) is 0 Å². The van der Waals surface area contributed by atoms with Gasteiger partial charge in [0.05, 0.1) is 38.6 Å². The van der Waals surface area contributed by atoms with Crippen molar-refractivity contribution >= 4 is 11.8 Å². The lowest BCUT2D eigenvalue weighted by atomic mass is 9.91. The van der Waals surface area contributed by atoms with Gasteiger partial charge in [-0.15, -0.1) is 0 Å². The van der Waals surface area contributed by atoms with Crippen molar-refractivity contribution in [3.05, 3.63) is 108 Å². The van der Waals surface area contributed by atoms with Crippen LogP contribution in [0.15, 0.2) is 91.0 Å². The van der Waals surface area contributed by atoms with Crippen molar-refractivity contribution in [3.8, 4) is 0 Å². The molecule has 218 valence electrons. The van der Waals surface area contributed by atoms with E-state index in [2.05, 4.69) is 0 Å². The van der Waals surface area contributed by atoms with Crippen LogP contribution in [0.2, 0.25) is 0 Å². The first-order chi connectivity index (χ1) is 20.0. The van der Waals surface area contributed by atoms with E-state index in [0.717, 1.165) is 16.7 Å². The van der Waals surface area contributed by atoms with Crippen LogP contribution < -0.4 is 0 Å². The first-order valence-electron chi connectivity index (χ1n) is 14.0. The highest BCUT2D eigenvalue weighted by atomic mass is 16.6. The lowest BCUT2D eigenvalue weighted by Crippen LogP contribution is -2.60. The molecule has 0 saturated carbocycles. The molecule has 1 fully saturated rings. The van der Waals surface area contributed by atoms with E-state index in [-0.39, 0.29) is 19.6 Å². The van der Waals surface area contributed by atoms with Crippen molar-refractivity contribution in [3.63, 3.8) is 0 Å². The smallest absolute Gasteiger partial charge is 0.342 e.